The number of nitrogens with one attached hydrogen (secondary N) is 2. The zero-order valence-corrected chi connectivity index (χ0v) is 16.1. The third-order valence-electron chi connectivity index (χ3n) is 3.98. The number of carbonyl (C=O) groups excluding carboxylic acids is 1. The summed E-state index contributed by atoms with van der Waals surface area (Å²) in [6.07, 6.45) is -0.729. The molecule has 0 aliphatic carbocycles. The minimum Gasteiger partial charge on any atom is -0.334 e. The monoisotopic (exact) mass is 420 g/mol. The number of para-hydroxylation sites is 1. The number of alkyl halides is 3. The summed E-state index contributed by atoms with van der Waals surface area (Å²) in [6.45, 7) is 0.852. The maximum absolute atomic E-state index is 12.5. The van der Waals surface area contributed by atoms with E-state index < -0.39 is 18.0 Å². The summed E-state index contributed by atoms with van der Waals surface area (Å²) in [4.78, 5) is 12.7. The van der Waals surface area contributed by atoms with Gasteiger partial charge >= 0.3 is 12.2 Å². The first-order valence-corrected chi connectivity index (χ1v) is 9.77. The lowest BCUT2D eigenvalue weighted by Crippen LogP contribution is -2.29. The average molecular weight is 420 g/mol. The van der Waals surface area contributed by atoms with Crippen molar-refractivity contribution in [3.05, 3.63) is 78.1 Å². The lowest BCUT2D eigenvalue weighted by atomic mass is 10.1. The van der Waals surface area contributed by atoms with Gasteiger partial charge in [-0.3, -0.25) is 4.68 Å². The van der Waals surface area contributed by atoms with Crippen molar-refractivity contribution in [3.63, 3.8) is 0 Å². The molecule has 0 spiro atoms. The van der Waals surface area contributed by atoms with Crippen molar-refractivity contribution in [1.29, 1.82) is 0 Å². The third-order valence-corrected chi connectivity index (χ3v) is 5.11. The number of urea groups is 1. The van der Waals surface area contributed by atoms with Gasteiger partial charge in [-0.15, -0.1) is 11.8 Å². The highest BCUT2D eigenvalue weighted by Gasteiger charge is 2.27. The molecular formula is C20H19F3N4OS. The average Bonchev–Trinajstić information content (AvgIpc) is 3.19. The minimum absolute atomic E-state index is 0.279. The van der Waals surface area contributed by atoms with E-state index in [4.69, 9.17) is 0 Å². The summed E-state index contributed by atoms with van der Waals surface area (Å²) < 4.78 is 39.3. The molecule has 0 atom stereocenters. The largest absolute Gasteiger partial charge is 0.398 e. The van der Waals surface area contributed by atoms with Crippen LogP contribution in [-0.4, -0.2) is 27.7 Å². The van der Waals surface area contributed by atoms with Crippen LogP contribution in [0.2, 0.25) is 0 Å². The van der Waals surface area contributed by atoms with Crippen LogP contribution in [0.3, 0.4) is 0 Å². The van der Waals surface area contributed by atoms with Crippen molar-refractivity contribution in [2.45, 2.75) is 24.2 Å². The third kappa shape index (κ3) is 6.56. The molecule has 3 rings (SSSR count). The van der Waals surface area contributed by atoms with Crippen LogP contribution < -0.4 is 10.6 Å². The van der Waals surface area contributed by atoms with Crippen LogP contribution in [-0.2, 0) is 13.1 Å². The number of benzene rings is 2. The molecule has 0 radical (unpaired) electrons. The molecule has 0 unspecified atom stereocenters. The van der Waals surface area contributed by atoms with Gasteiger partial charge in [-0.25, -0.2) is 4.79 Å². The second kappa shape index (κ2) is 9.51. The van der Waals surface area contributed by atoms with Crippen molar-refractivity contribution in [1.82, 2.24) is 15.1 Å². The van der Waals surface area contributed by atoms with Gasteiger partial charge in [0.2, 0.25) is 0 Å². The molecule has 1 aromatic heterocycles. The number of anilines is 1. The lowest BCUT2D eigenvalue weighted by molar-refractivity contribution is -0.105. The van der Waals surface area contributed by atoms with E-state index >= 15 is 0 Å². The number of hydrogen-bond acceptors (Lipinski definition) is 3. The standard InChI is InChI=1S/C20H19F3N4OS/c21-20(22,23)14-29-18-9-4-3-8-17(18)26-19(28)24-12-15-6-1-2-7-16(15)13-27-11-5-10-25-27/h1-11H,12-14H2,(H2,24,26,28). The highest BCUT2D eigenvalue weighted by atomic mass is 32.2. The molecule has 29 heavy (non-hydrogen) atoms. The van der Waals surface area contributed by atoms with Gasteiger partial charge in [0.25, 0.3) is 0 Å². The Morgan fingerprint density at radius 3 is 2.48 bits per heavy atom. The number of carbonyl (C=O) groups is 1. The first-order chi connectivity index (χ1) is 13.9. The van der Waals surface area contributed by atoms with E-state index in [0.717, 1.165) is 11.1 Å². The first kappa shape index (κ1) is 20.8. The number of rotatable bonds is 7. The molecule has 152 valence electrons. The first-order valence-electron chi connectivity index (χ1n) is 8.78. The molecule has 1 heterocycles. The van der Waals surface area contributed by atoms with Crippen LogP contribution in [0.1, 0.15) is 11.1 Å². The summed E-state index contributed by atoms with van der Waals surface area (Å²) >= 11 is 0.638. The Balaban J connectivity index is 1.60. The van der Waals surface area contributed by atoms with E-state index in [2.05, 4.69) is 15.7 Å². The highest BCUT2D eigenvalue weighted by Crippen LogP contribution is 2.32. The van der Waals surface area contributed by atoms with Gasteiger partial charge in [0, 0.05) is 23.8 Å². The number of nitrogens with zero attached hydrogens (tertiary/aromatic N) is 2. The normalized spacial score (nSPS) is 11.3. The molecule has 0 saturated carbocycles. The maximum atomic E-state index is 12.5. The molecule has 0 saturated heterocycles. The molecule has 0 aliphatic rings. The molecule has 0 bridgehead atoms. The summed E-state index contributed by atoms with van der Waals surface area (Å²) in [5, 5.41) is 9.56. The number of halogens is 3. The minimum atomic E-state index is -4.28. The van der Waals surface area contributed by atoms with Crippen molar-refractivity contribution in [2.75, 3.05) is 11.1 Å². The topological polar surface area (TPSA) is 59.0 Å². The number of amides is 2. The van der Waals surface area contributed by atoms with Gasteiger partial charge < -0.3 is 10.6 Å². The van der Waals surface area contributed by atoms with Crippen molar-refractivity contribution >= 4 is 23.5 Å². The Hall–Kier alpha value is -2.94. The van der Waals surface area contributed by atoms with Gasteiger partial charge in [0.1, 0.15) is 0 Å². The molecule has 9 heteroatoms. The summed E-state index contributed by atoms with van der Waals surface area (Å²) in [6, 6.07) is 15.4. The van der Waals surface area contributed by atoms with Crippen molar-refractivity contribution < 1.29 is 18.0 Å². The predicted molar refractivity (Wildman–Crippen MR) is 107 cm³/mol. The van der Waals surface area contributed by atoms with E-state index in [0.29, 0.717) is 28.9 Å². The highest BCUT2D eigenvalue weighted by molar-refractivity contribution is 7.99. The SMILES string of the molecule is O=C(NCc1ccccc1Cn1cccn1)Nc1ccccc1SCC(F)(F)F. The second-order valence-electron chi connectivity index (χ2n) is 6.18. The van der Waals surface area contributed by atoms with E-state index in [1.54, 1.807) is 35.1 Å². The fourth-order valence-electron chi connectivity index (χ4n) is 2.65. The molecule has 2 amide bonds. The molecule has 0 aliphatic heterocycles. The Labute approximate surface area is 170 Å². The van der Waals surface area contributed by atoms with Crippen LogP contribution in [0.4, 0.5) is 23.7 Å². The van der Waals surface area contributed by atoms with Crippen LogP contribution in [0.5, 0.6) is 0 Å². The zero-order chi connectivity index (χ0) is 20.7. The van der Waals surface area contributed by atoms with Crippen LogP contribution in [0.15, 0.2) is 71.9 Å². The smallest absolute Gasteiger partial charge is 0.334 e. The second-order valence-corrected chi connectivity index (χ2v) is 7.20. The zero-order valence-electron chi connectivity index (χ0n) is 15.3. The number of thioether (sulfide) groups is 1. The van der Waals surface area contributed by atoms with Gasteiger partial charge in [-0.2, -0.15) is 18.3 Å². The van der Waals surface area contributed by atoms with Gasteiger partial charge in [-0.1, -0.05) is 36.4 Å². The molecular weight excluding hydrogens is 401 g/mol. The van der Waals surface area contributed by atoms with Crippen molar-refractivity contribution in [2.24, 2.45) is 0 Å². The van der Waals surface area contributed by atoms with Crippen LogP contribution in [0, 0.1) is 0 Å². The van der Waals surface area contributed by atoms with E-state index in [1.165, 1.54) is 0 Å². The van der Waals surface area contributed by atoms with Gasteiger partial charge in [-0.05, 0) is 29.3 Å². The van der Waals surface area contributed by atoms with Gasteiger partial charge in [0.05, 0.1) is 18.0 Å². The Morgan fingerprint density at radius 2 is 1.76 bits per heavy atom. The molecule has 2 N–H and O–H groups in total. The predicted octanol–water partition coefficient (Wildman–Crippen LogP) is 4.91. The lowest BCUT2D eigenvalue weighted by Gasteiger charge is -2.14. The maximum Gasteiger partial charge on any atom is 0.398 e. The molecule has 2 aromatic carbocycles. The Bertz CT molecular complexity index is 945. The van der Waals surface area contributed by atoms with Crippen LogP contribution in [0.25, 0.3) is 0 Å². The number of aromatic nitrogens is 2. The Morgan fingerprint density at radius 1 is 1.03 bits per heavy atom. The summed E-state index contributed by atoms with van der Waals surface area (Å²) in [5.41, 5.74) is 2.28. The van der Waals surface area contributed by atoms with E-state index in [9.17, 15) is 18.0 Å². The summed E-state index contributed by atoms with van der Waals surface area (Å²) in [7, 11) is 0. The summed E-state index contributed by atoms with van der Waals surface area (Å²) in [5.74, 6) is -1.02. The Kier molecular flexibility index (Phi) is 6.82. The molecule has 3 aromatic rings. The van der Waals surface area contributed by atoms with E-state index in [-0.39, 0.29) is 6.54 Å². The van der Waals surface area contributed by atoms with Crippen molar-refractivity contribution in [3.8, 4) is 0 Å². The number of hydrogen-bond donors (Lipinski definition) is 2. The van der Waals surface area contributed by atoms with E-state index in [1.807, 2.05) is 36.5 Å². The molecule has 0 fully saturated rings. The van der Waals surface area contributed by atoms with Crippen LogP contribution >= 0.6 is 11.8 Å². The molecule has 5 nitrogen and oxygen atoms in total. The fourth-order valence-corrected chi connectivity index (χ4v) is 3.42. The van der Waals surface area contributed by atoms with Gasteiger partial charge in [0.15, 0.2) is 0 Å². The fraction of sp³-hybridized carbons (Fsp3) is 0.200. The quantitative estimate of drug-likeness (QED) is 0.534.